The fourth-order valence-electron chi connectivity index (χ4n) is 2.41. The molecule has 3 rings (SSSR count). The molecule has 1 aliphatic carbocycles. The molecule has 0 saturated heterocycles. The average Bonchev–Trinajstić information content (AvgIpc) is 2.97. The van der Waals surface area contributed by atoms with Crippen LogP contribution in [0.1, 0.15) is 25.0 Å². The van der Waals surface area contributed by atoms with Gasteiger partial charge in [0.05, 0.1) is 0 Å². The molecule has 1 heterocycles. The normalized spacial score (nSPS) is 13.9. The molecule has 0 aliphatic heterocycles. The Morgan fingerprint density at radius 3 is 2.71 bits per heavy atom. The van der Waals surface area contributed by atoms with E-state index in [1.807, 2.05) is 11.3 Å². The Kier molecular flexibility index (Phi) is 2.64. The number of benzene rings is 1. The lowest BCUT2D eigenvalue weighted by Crippen LogP contribution is -1.92. The molecule has 0 saturated carbocycles. The van der Waals surface area contributed by atoms with Crippen molar-refractivity contribution in [2.75, 3.05) is 0 Å². The molecule has 0 nitrogen and oxygen atoms in total. The van der Waals surface area contributed by atoms with Crippen molar-refractivity contribution in [1.82, 2.24) is 0 Å². The van der Waals surface area contributed by atoms with Crippen LogP contribution < -0.4 is 0 Å². The summed E-state index contributed by atoms with van der Waals surface area (Å²) in [6, 6.07) is 11.0. The predicted molar refractivity (Wildman–Crippen MR) is 76.3 cm³/mol. The van der Waals surface area contributed by atoms with Gasteiger partial charge in [0.1, 0.15) is 0 Å². The summed E-state index contributed by atoms with van der Waals surface area (Å²) in [5.41, 5.74) is 5.88. The first-order chi connectivity index (χ1) is 8.25. The summed E-state index contributed by atoms with van der Waals surface area (Å²) in [5, 5.41) is 2.15. The zero-order chi connectivity index (χ0) is 11.8. The summed E-state index contributed by atoms with van der Waals surface area (Å²) in [6.07, 6.45) is 3.53. The lowest BCUT2D eigenvalue weighted by atomic mass is 10.0. The van der Waals surface area contributed by atoms with Gasteiger partial charge in [-0.2, -0.15) is 0 Å². The van der Waals surface area contributed by atoms with Crippen LogP contribution in [0.3, 0.4) is 0 Å². The van der Waals surface area contributed by atoms with E-state index in [1.54, 1.807) is 5.57 Å². The van der Waals surface area contributed by atoms with E-state index in [-0.39, 0.29) is 0 Å². The van der Waals surface area contributed by atoms with Gasteiger partial charge in [-0.1, -0.05) is 49.8 Å². The molecule has 17 heavy (non-hydrogen) atoms. The Labute approximate surface area is 107 Å². The largest absolute Gasteiger partial charge is 0.144 e. The van der Waals surface area contributed by atoms with Crippen LogP contribution in [0.2, 0.25) is 0 Å². The summed E-state index contributed by atoms with van der Waals surface area (Å²) in [7, 11) is 0. The highest BCUT2D eigenvalue weighted by molar-refractivity contribution is 7.13. The van der Waals surface area contributed by atoms with Crippen LogP contribution in [0.25, 0.3) is 16.5 Å². The summed E-state index contributed by atoms with van der Waals surface area (Å²) in [4.78, 5) is 1.38. The van der Waals surface area contributed by atoms with Gasteiger partial charge in [-0.3, -0.25) is 0 Å². The highest BCUT2D eigenvalue weighted by Crippen LogP contribution is 2.37. The Hall–Kier alpha value is -1.34. The fraction of sp³-hybridized carbons (Fsp3) is 0.250. The van der Waals surface area contributed by atoms with Crippen molar-refractivity contribution >= 4 is 17.4 Å². The van der Waals surface area contributed by atoms with Crippen molar-refractivity contribution in [3.05, 3.63) is 52.4 Å². The van der Waals surface area contributed by atoms with E-state index < -0.39 is 0 Å². The number of hydrogen-bond donors (Lipinski definition) is 0. The number of thiophene rings is 1. The SMILES string of the molecule is CC(C)C1=Cc2c(cccc2-c2cccs2)C1. The minimum Gasteiger partial charge on any atom is -0.144 e. The zero-order valence-corrected chi connectivity index (χ0v) is 11.1. The monoisotopic (exact) mass is 240 g/mol. The van der Waals surface area contributed by atoms with Crippen LogP contribution in [0.4, 0.5) is 0 Å². The van der Waals surface area contributed by atoms with Gasteiger partial charge in [0, 0.05) is 4.88 Å². The van der Waals surface area contributed by atoms with Crippen LogP contribution in [-0.2, 0) is 6.42 Å². The molecule has 0 unspecified atom stereocenters. The molecule has 0 amide bonds. The third kappa shape index (κ3) is 1.85. The Balaban J connectivity index is 2.12. The maximum Gasteiger partial charge on any atom is 0.0348 e. The molecular weight excluding hydrogens is 224 g/mol. The average molecular weight is 240 g/mol. The van der Waals surface area contributed by atoms with Gasteiger partial charge in [0.25, 0.3) is 0 Å². The van der Waals surface area contributed by atoms with Crippen molar-refractivity contribution in [2.24, 2.45) is 5.92 Å². The van der Waals surface area contributed by atoms with Gasteiger partial charge in [0.2, 0.25) is 0 Å². The Morgan fingerprint density at radius 2 is 2.00 bits per heavy atom. The molecule has 2 aromatic rings. The van der Waals surface area contributed by atoms with E-state index in [1.165, 1.54) is 21.6 Å². The van der Waals surface area contributed by atoms with E-state index in [9.17, 15) is 0 Å². The van der Waals surface area contributed by atoms with Crippen molar-refractivity contribution in [2.45, 2.75) is 20.3 Å². The molecule has 1 aliphatic rings. The molecule has 1 heteroatoms. The molecule has 1 aromatic carbocycles. The van der Waals surface area contributed by atoms with E-state index in [0.29, 0.717) is 5.92 Å². The lowest BCUT2D eigenvalue weighted by molar-refractivity contribution is 0.754. The van der Waals surface area contributed by atoms with Gasteiger partial charge >= 0.3 is 0 Å². The molecule has 86 valence electrons. The lowest BCUT2D eigenvalue weighted by Gasteiger charge is -2.05. The van der Waals surface area contributed by atoms with E-state index in [4.69, 9.17) is 0 Å². The maximum absolute atomic E-state index is 2.40. The van der Waals surface area contributed by atoms with Crippen molar-refractivity contribution < 1.29 is 0 Å². The van der Waals surface area contributed by atoms with Crippen molar-refractivity contribution in [3.63, 3.8) is 0 Å². The first-order valence-electron chi connectivity index (χ1n) is 6.12. The third-order valence-corrected chi connectivity index (χ3v) is 4.35. The predicted octanol–water partition coefficient (Wildman–Crippen LogP) is 5.01. The second-order valence-corrected chi connectivity index (χ2v) is 5.85. The Morgan fingerprint density at radius 1 is 1.12 bits per heavy atom. The molecule has 0 bridgehead atoms. The second-order valence-electron chi connectivity index (χ2n) is 4.91. The summed E-state index contributed by atoms with van der Waals surface area (Å²) < 4.78 is 0. The standard InChI is InChI=1S/C16H16S/c1-11(2)13-9-12-5-3-6-14(15(12)10-13)16-7-4-8-17-16/h3-8,10-11H,9H2,1-2H3. The van der Waals surface area contributed by atoms with E-state index in [0.717, 1.165) is 6.42 Å². The molecular formula is C16H16S. The summed E-state index contributed by atoms with van der Waals surface area (Å²) in [6.45, 7) is 4.56. The van der Waals surface area contributed by atoms with Gasteiger partial charge in [-0.25, -0.2) is 0 Å². The highest BCUT2D eigenvalue weighted by Gasteiger charge is 2.18. The van der Waals surface area contributed by atoms with Gasteiger partial charge in [-0.15, -0.1) is 11.3 Å². The number of rotatable bonds is 2. The first kappa shape index (κ1) is 10.8. The third-order valence-electron chi connectivity index (χ3n) is 3.45. The number of fused-ring (bicyclic) bond motifs is 1. The van der Waals surface area contributed by atoms with E-state index >= 15 is 0 Å². The van der Waals surface area contributed by atoms with Crippen LogP contribution in [0.15, 0.2) is 41.3 Å². The van der Waals surface area contributed by atoms with Crippen LogP contribution in [0.5, 0.6) is 0 Å². The number of hydrogen-bond acceptors (Lipinski definition) is 1. The topological polar surface area (TPSA) is 0 Å². The molecule has 0 atom stereocenters. The minimum absolute atomic E-state index is 0.651. The molecule has 0 fully saturated rings. The molecule has 0 radical (unpaired) electrons. The first-order valence-corrected chi connectivity index (χ1v) is 7.00. The zero-order valence-electron chi connectivity index (χ0n) is 10.2. The second kappa shape index (κ2) is 4.15. The van der Waals surface area contributed by atoms with Gasteiger partial charge < -0.3 is 0 Å². The number of allylic oxidation sites excluding steroid dienone is 1. The van der Waals surface area contributed by atoms with Gasteiger partial charge in [-0.05, 0) is 40.5 Å². The fourth-order valence-corrected chi connectivity index (χ4v) is 3.18. The quantitative estimate of drug-likeness (QED) is 0.692. The van der Waals surface area contributed by atoms with Crippen LogP contribution >= 0.6 is 11.3 Å². The maximum atomic E-state index is 2.40. The minimum atomic E-state index is 0.651. The molecule has 0 spiro atoms. The smallest absolute Gasteiger partial charge is 0.0348 e. The van der Waals surface area contributed by atoms with Crippen molar-refractivity contribution in [1.29, 1.82) is 0 Å². The van der Waals surface area contributed by atoms with Crippen LogP contribution in [-0.4, -0.2) is 0 Å². The molecule has 1 aromatic heterocycles. The summed E-state index contributed by atoms with van der Waals surface area (Å²) >= 11 is 1.82. The summed E-state index contributed by atoms with van der Waals surface area (Å²) in [5.74, 6) is 0.651. The van der Waals surface area contributed by atoms with Gasteiger partial charge in [0.15, 0.2) is 0 Å². The van der Waals surface area contributed by atoms with Crippen molar-refractivity contribution in [3.8, 4) is 10.4 Å². The highest BCUT2D eigenvalue weighted by atomic mass is 32.1. The Bertz CT molecular complexity index is 559. The molecule has 0 N–H and O–H groups in total. The van der Waals surface area contributed by atoms with Crippen LogP contribution in [0, 0.1) is 5.92 Å². The van der Waals surface area contributed by atoms with E-state index in [2.05, 4.69) is 55.6 Å².